The summed E-state index contributed by atoms with van der Waals surface area (Å²) in [4.78, 5) is 117. The van der Waals surface area contributed by atoms with Crippen molar-refractivity contribution in [1.29, 1.82) is 0 Å². The van der Waals surface area contributed by atoms with E-state index in [1.165, 1.54) is 95.6 Å². The van der Waals surface area contributed by atoms with Gasteiger partial charge in [0.05, 0.1) is 57.4 Å². The number of aromatic carboxylic acids is 1. The second-order valence-corrected chi connectivity index (χ2v) is 34.9. The number of amides is 1. The van der Waals surface area contributed by atoms with E-state index in [9.17, 15) is 63.1 Å². The number of unbranched alkanes of at least 4 members (excludes halogenated alkanes) is 4. The number of carboxylic acids is 1. The Morgan fingerprint density at radius 3 is 1.00 bits per heavy atom. The van der Waals surface area contributed by atoms with E-state index in [0.29, 0.717) is 64.8 Å². The Bertz CT molecular complexity index is 4950. The molecule has 46 heteroatoms. The molecule has 5 aliphatic rings. The van der Waals surface area contributed by atoms with Crippen LogP contribution in [-0.4, -0.2) is 234 Å². The number of carbonyl (C=O) groups is 6. The molecule has 0 radical (unpaired) electrons. The van der Waals surface area contributed by atoms with Crippen LogP contribution < -0.4 is 59.7 Å². The van der Waals surface area contributed by atoms with Gasteiger partial charge in [-0.05, 0) is 242 Å². The Morgan fingerprint density at radius 2 is 0.683 bits per heavy atom. The van der Waals surface area contributed by atoms with Gasteiger partial charge in [0, 0.05) is 100 Å². The van der Waals surface area contributed by atoms with Gasteiger partial charge in [-0.2, -0.15) is 19.9 Å². The number of benzene rings is 2. The smallest absolute Gasteiger partial charge is 0.343 e. The molecule has 38 nitrogen and oxygen atoms in total. The standard InChI is InChI=1S/C22H30FN5O2.C16H26N4O3.C15H24N4O3.C12H16ClN3O3.C7H8FN.C6H4Cl2N2O2.C6H13NO.C5HCl3N2O.C4H11N/c1-2-3-12-24-22-26-14-19(20(28-22)27-17-8-10-18(29)11-9-17)21(30)25-13-15-4-6-16(23)7-5-15;1-3-4-9-17-16-18-10-13(15(22)23-2)14(20-16)19-11-5-7-12(21)8-6-11;1-2-3-8-16-15-17-9-12(14(21)22)13(19-15)18-10-4-6-11(20)7-5-10;1-19-11(18)9-6-14-12(13)16-10(9)15-7-2-4-8(17)5-3-7;8-7-3-1-6(5-9)2-4-7;1-12-5(11)3-2-9-6(8)10-4(3)7;7-5-1-3-6(8)4-2-5;6-3-2(4(7)11)1-9-5(8)10-3;1-2-3-4-5/h4-7,14,17-18,29H,2-3,8-13H2,1H3,(H,25,30)(H2,24,26,27,28);10-12,21H,3-9H2,1-2H3,(H2,17,18,19,20);9-11,20H,2-8H2,1H3,(H,21,22)(H2,16,17,18,19);6-8,17H,2-5H2,1H3,(H,14,15,16);1-4H,5,9H2;2H,1H3;5-6,8H,1-4,7H2;1H;2-5H2,1H3. The minimum atomic E-state index is -1.04. The van der Waals surface area contributed by atoms with E-state index in [4.69, 9.17) is 96.7 Å². The van der Waals surface area contributed by atoms with E-state index in [-0.39, 0.29) is 127 Å². The molecule has 0 spiro atoms. The lowest BCUT2D eigenvalue weighted by Gasteiger charge is -2.27. The second-order valence-electron chi connectivity index (χ2n) is 32.8. The summed E-state index contributed by atoms with van der Waals surface area (Å²) in [5.74, 6) is -0.268. The van der Waals surface area contributed by atoms with Crippen molar-refractivity contribution < 1.29 is 82.4 Å². The topological polar surface area (TPSA) is 580 Å². The average Bonchev–Trinajstić information content (AvgIpc) is 0.837. The minimum absolute atomic E-state index is 0.00680. The number of methoxy groups -OCH3 is 3. The van der Waals surface area contributed by atoms with Crippen LogP contribution in [0, 0.1) is 11.6 Å². The van der Waals surface area contributed by atoms with Crippen molar-refractivity contribution >= 4 is 146 Å². The Kier molecular flexibility index (Phi) is 57.7. The third-order valence-electron chi connectivity index (χ3n) is 21.9. The largest absolute Gasteiger partial charge is 0.477 e. The van der Waals surface area contributed by atoms with E-state index in [2.05, 4.69) is 140 Å². The van der Waals surface area contributed by atoms with Crippen molar-refractivity contribution in [2.24, 2.45) is 17.2 Å². The number of anilines is 7. The number of nitrogens with zero attached hydrogens (tertiary/aromatic N) is 12. The van der Waals surface area contributed by atoms with Crippen molar-refractivity contribution in [3.63, 3.8) is 0 Å². The minimum Gasteiger partial charge on any atom is -0.477 e. The normalized spacial score (nSPS) is 18.8. The summed E-state index contributed by atoms with van der Waals surface area (Å²) in [6, 6.07) is 13.2. The number of nitrogens with one attached hydrogen (secondary N) is 8. The third-order valence-corrected chi connectivity index (χ3v) is 23.2. The van der Waals surface area contributed by atoms with Crippen molar-refractivity contribution in [2.75, 3.05) is 84.7 Å². The molecule has 20 N–H and O–H groups in total. The number of aliphatic hydroxyl groups excluding tert-OH is 5. The number of carboxylic acid groups (broad SMARTS) is 1. The van der Waals surface area contributed by atoms with E-state index in [1.807, 2.05) is 0 Å². The molecule has 5 saturated carbocycles. The van der Waals surface area contributed by atoms with Crippen LogP contribution in [0.1, 0.15) is 281 Å². The Hall–Kier alpha value is -10.2. The van der Waals surface area contributed by atoms with Crippen LogP contribution >= 0.6 is 69.6 Å². The van der Waals surface area contributed by atoms with E-state index < -0.39 is 29.1 Å². The fourth-order valence-corrected chi connectivity index (χ4v) is 14.8. The van der Waals surface area contributed by atoms with Crippen LogP contribution in [0.25, 0.3) is 0 Å². The fourth-order valence-electron chi connectivity index (χ4n) is 13.7. The number of carbonyl (C=O) groups excluding carboxylic acids is 5. The van der Waals surface area contributed by atoms with Gasteiger partial charge in [-0.1, -0.05) is 101 Å². The summed E-state index contributed by atoms with van der Waals surface area (Å²) in [6.45, 7) is 12.4. The summed E-state index contributed by atoms with van der Waals surface area (Å²) in [7, 11) is 3.89. The van der Waals surface area contributed by atoms with Crippen molar-refractivity contribution in [3.8, 4) is 0 Å². The van der Waals surface area contributed by atoms with Crippen LogP contribution in [0.5, 0.6) is 0 Å². The number of hydrogen-bond acceptors (Lipinski definition) is 36. The summed E-state index contributed by atoms with van der Waals surface area (Å²) in [5.41, 5.74) is 19.0. The molecule has 0 aliphatic heterocycles. The first-order valence-electron chi connectivity index (χ1n) is 46.5. The number of rotatable bonds is 31. The maximum Gasteiger partial charge on any atom is 0.343 e. The highest BCUT2D eigenvalue weighted by atomic mass is 35.5. The van der Waals surface area contributed by atoms with Gasteiger partial charge in [-0.3, -0.25) is 9.59 Å². The first-order chi connectivity index (χ1) is 66.7. The highest BCUT2D eigenvalue weighted by Crippen LogP contribution is 2.30. The van der Waals surface area contributed by atoms with Gasteiger partial charge < -0.3 is 105 Å². The summed E-state index contributed by atoms with van der Waals surface area (Å²) >= 11 is 32.7. The molecule has 0 saturated heterocycles. The first kappa shape index (κ1) is 119. The maximum absolute atomic E-state index is 13.1. The predicted octanol–water partition coefficient (Wildman–Crippen LogP) is 15.4. The molecule has 6 aromatic heterocycles. The molecule has 1 amide bonds. The number of nitrogens with two attached hydrogens (primary N) is 3. The molecular weight excluding hydrogens is 1930 g/mol. The predicted molar refractivity (Wildman–Crippen MR) is 534 cm³/mol. The van der Waals surface area contributed by atoms with Gasteiger partial charge in [-0.15, -0.1) is 0 Å². The SMILES string of the molecule is CCCCN.CCCCNc1ncc(C(=O)NCc2ccc(F)cc2)c(NC2CCC(O)CC2)n1.CCCCNc1ncc(C(=O)O)c(NC2CCC(O)CC2)n1.CCCCNc1ncc(C(=O)OC)c(NC2CCC(O)CC2)n1.COC(=O)c1cnc(Cl)nc1Cl.COC(=O)c1cnc(Cl)nc1NC1CCC(O)CC1.NC1CCC(O)CC1.NCc1ccc(F)cc1.O=C(Cl)c1cnc(Cl)nc1Cl. The quantitative estimate of drug-likeness (QED) is 0.00479. The zero-order valence-electron chi connectivity index (χ0n) is 79.4. The molecular formula is C93H133Cl6F2N23O15. The zero-order chi connectivity index (χ0) is 102. The fraction of sp³-hybridized carbons (Fsp3) is 0.548. The van der Waals surface area contributed by atoms with Crippen LogP contribution in [0.4, 0.5) is 49.9 Å². The number of aromatic nitrogens is 12. The summed E-state index contributed by atoms with van der Waals surface area (Å²) < 4.78 is 39.1. The third kappa shape index (κ3) is 46.9. The molecule has 0 bridgehead atoms. The summed E-state index contributed by atoms with van der Waals surface area (Å²) in [6.07, 6.45) is 32.1. The molecule has 766 valence electrons. The van der Waals surface area contributed by atoms with Gasteiger partial charge in [0.15, 0.2) is 0 Å². The van der Waals surface area contributed by atoms with Crippen LogP contribution in [0.2, 0.25) is 26.2 Å². The lowest BCUT2D eigenvalue weighted by Crippen LogP contribution is -2.31. The molecule has 5 fully saturated rings. The van der Waals surface area contributed by atoms with E-state index in [0.717, 1.165) is 204 Å². The van der Waals surface area contributed by atoms with Gasteiger partial charge >= 0.3 is 23.9 Å². The zero-order valence-corrected chi connectivity index (χ0v) is 83.9. The second kappa shape index (κ2) is 67.3. The number of hydrogen-bond donors (Lipinski definition) is 17. The average molecular weight is 2060 g/mol. The number of esters is 3. The van der Waals surface area contributed by atoms with Crippen LogP contribution in [0.15, 0.2) is 85.7 Å². The van der Waals surface area contributed by atoms with Gasteiger partial charge in [-0.25, -0.2) is 67.8 Å². The Morgan fingerprint density at radius 1 is 0.388 bits per heavy atom. The molecule has 2 aromatic carbocycles. The lowest BCUT2D eigenvalue weighted by atomic mass is 9.93. The van der Waals surface area contributed by atoms with Crippen LogP contribution in [-0.2, 0) is 27.3 Å². The van der Waals surface area contributed by atoms with Crippen molar-refractivity contribution in [3.05, 3.63) is 168 Å². The van der Waals surface area contributed by atoms with Gasteiger partial charge in [0.2, 0.25) is 33.7 Å². The Labute approximate surface area is 839 Å². The van der Waals surface area contributed by atoms with Gasteiger partial charge in [0.25, 0.3) is 11.1 Å². The highest BCUT2D eigenvalue weighted by Gasteiger charge is 2.29. The first-order valence-corrected chi connectivity index (χ1v) is 48.7. The molecule has 13 rings (SSSR count). The van der Waals surface area contributed by atoms with Gasteiger partial charge in [0.1, 0.15) is 73.0 Å². The molecule has 8 aromatic rings. The monoisotopic (exact) mass is 2060 g/mol. The summed E-state index contributed by atoms with van der Waals surface area (Å²) in [5, 5.41) is 81.3. The van der Waals surface area contributed by atoms with E-state index >= 15 is 0 Å². The van der Waals surface area contributed by atoms with Crippen LogP contribution in [0.3, 0.4) is 0 Å². The van der Waals surface area contributed by atoms with Crippen molar-refractivity contribution in [1.82, 2.24) is 65.1 Å². The molecule has 6 heterocycles. The highest BCUT2D eigenvalue weighted by molar-refractivity contribution is 6.68. The lowest BCUT2D eigenvalue weighted by molar-refractivity contribution is 0.0591. The van der Waals surface area contributed by atoms with Crippen molar-refractivity contribution in [2.45, 2.75) is 281 Å². The Balaban J connectivity index is 0.000000287. The number of ether oxygens (including phenoxy) is 3. The van der Waals surface area contributed by atoms with E-state index in [1.54, 1.807) is 24.3 Å². The molecule has 0 atom stereocenters. The molecule has 139 heavy (non-hydrogen) atoms. The number of halogens is 8. The number of aliphatic hydroxyl groups is 5. The maximum atomic E-state index is 13.1. The molecule has 0 unspecified atom stereocenters. The molecule has 5 aliphatic carbocycles.